The average molecular weight is 208 g/mol. The Balaban J connectivity index is 2.62. The van der Waals surface area contributed by atoms with Crippen LogP contribution in [0.3, 0.4) is 0 Å². The highest BCUT2D eigenvalue weighted by molar-refractivity contribution is 5.84. The normalized spacial score (nSPS) is 11.3. The van der Waals surface area contributed by atoms with E-state index in [2.05, 4.69) is 5.10 Å². The minimum absolute atomic E-state index is 0.0629. The third kappa shape index (κ3) is 1.79. The van der Waals surface area contributed by atoms with Gasteiger partial charge >= 0.3 is 0 Å². The van der Waals surface area contributed by atoms with Crippen molar-refractivity contribution in [1.29, 1.82) is 0 Å². The molecule has 0 saturated heterocycles. The Hall–Kier alpha value is -1.58. The van der Waals surface area contributed by atoms with Crippen LogP contribution >= 0.6 is 0 Å². The number of fused-ring (bicyclic) bond motifs is 1. The second kappa shape index (κ2) is 3.53. The maximum Gasteiger partial charge on any atom is 0.183 e. The third-order valence-corrected chi connectivity index (χ3v) is 2.05. The summed E-state index contributed by atoms with van der Waals surface area (Å²) in [4.78, 5) is 0. The highest BCUT2D eigenvalue weighted by Crippen LogP contribution is 2.28. The lowest BCUT2D eigenvalue weighted by Gasteiger charge is -2.10. The zero-order chi connectivity index (χ0) is 11.0. The fourth-order valence-electron chi connectivity index (χ4n) is 1.50. The standard InChI is InChI=1S/C11H13FN2O/c1-7(2)15-11-9(12)5-4-8-6-14(3)13-10(8)11/h4-7H,1-3H3. The number of benzene rings is 1. The summed E-state index contributed by atoms with van der Waals surface area (Å²) >= 11 is 0. The second-order valence-electron chi connectivity index (χ2n) is 3.78. The summed E-state index contributed by atoms with van der Waals surface area (Å²) < 4.78 is 20.6. The van der Waals surface area contributed by atoms with Crippen LogP contribution in [-0.4, -0.2) is 15.9 Å². The molecule has 3 nitrogen and oxygen atoms in total. The predicted octanol–water partition coefficient (Wildman–Crippen LogP) is 2.50. The SMILES string of the molecule is CC(C)Oc1c(F)ccc2cn(C)nc12. The van der Waals surface area contributed by atoms with Crippen LogP contribution in [0.25, 0.3) is 10.9 Å². The Bertz CT molecular complexity index is 491. The van der Waals surface area contributed by atoms with Gasteiger partial charge in [0.1, 0.15) is 5.52 Å². The minimum Gasteiger partial charge on any atom is -0.486 e. The number of nitrogens with zero attached hydrogens (tertiary/aromatic N) is 2. The van der Waals surface area contributed by atoms with E-state index in [0.29, 0.717) is 5.52 Å². The first kappa shape index (κ1) is 9.96. The van der Waals surface area contributed by atoms with Crippen LogP contribution in [0, 0.1) is 5.82 Å². The molecule has 0 aliphatic carbocycles. The van der Waals surface area contributed by atoms with Crippen molar-refractivity contribution in [2.24, 2.45) is 7.05 Å². The van der Waals surface area contributed by atoms with E-state index in [1.54, 1.807) is 17.8 Å². The van der Waals surface area contributed by atoms with E-state index < -0.39 is 0 Å². The van der Waals surface area contributed by atoms with Gasteiger partial charge in [-0.2, -0.15) is 5.10 Å². The van der Waals surface area contributed by atoms with Gasteiger partial charge < -0.3 is 4.74 Å². The van der Waals surface area contributed by atoms with Crippen LogP contribution in [0.1, 0.15) is 13.8 Å². The van der Waals surface area contributed by atoms with E-state index in [1.807, 2.05) is 20.0 Å². The maximum atomic E-state index is 13.5. The maximum absolute atomic E-state index is 13.5. The summed E-state index contributed by atoms with van der Waals surface area (Å²) in [6, 6.07) is 3.10. The van der Waals surface area contributed by atoms with Gasteiger partial charge in [-0.05, 0) is 26.0 Å². The van der Waals surface area contributed by atoms with Crippen LogP contribution in [0.4, 0.5) is 4.39 Å². The van der Waals surface area contributed by atoms with Crippen molar-refractivity contribution in [3.8, 4) is 5.75 Å². The number of ether oxygens (including phenoxy) is 1. The van der Waals surface area contributed by atoms with Gasteiger partial charge in [-0.3, -0.25) is 4.68 Å². The third-order valence-electron chi connectivity index (χ3n) is 2.05. The number of aryl methyl sites for hydroxylation is 1. The van der Waals surface area contributed by atoms with Crippen LogP contribution in [0.15, 0.2) is 18.3 Å². The van der Waals surface area contributed by atoms with Crippen molar-refractivity contribution >= 4 is 10.9 Å². The molecule has 1 aromatic carbocycles. The second-order valence-corrected chi connectivity index (χ2v) is 3.78. The molecular formula is C11H13FN2O. The number of hydrogen-bond donors (Lipinski definition) is 0. The fraction of sp³-hybridized carbons (Fsp3) is 0.364. The zero-order valence-electron chi connectivity index (χ0n) is 8.99. The summed E-state index contributed by atoms with van der Waals surface area (Å²) in [6.07, 6.45) is 1.77. The van der Waals surface area contributed by atoms with Gasteiger partial charge in [-0.15, -0.1) is 0 Å². The molecule has 0 aliphatic heterocycles. The van der Waals surface area contributed by atoms with Gasteiger partial charge in [-0.25, -0.2) is 4.39 Å². The van der Waals surface area contributed by atoms with Crippen molar-refractivity contribution in [2.45, 2.75) is 20.0 Å². The molecule has 1 aromatic heterocycles. The predicted molar refractivity (Wildman–Crippen MR) is 56.4 cm³/mol. The highest BCUT2D eigenvalue weighted by Gasteiger charge is 2.13. The molecule has 15 heavy (non-hydrogen) atoms. The lowest BCUT2D eigenvalue weighted by Crippen LogP contribution is -2.07. The molecule has 2 aromatic rings. The van der Waals surface area contributed by atoms with Crippen LogP contribution in [0.2, 0.25) is 0 Å². The quantitative estimate of drug-likeness (QED) is 0.758. The topological polar surface area (TPSA) is 27.1 Å². The number of rotatable bonds is 2. The lowest BCUT2D eigenvalue weighted by molar-refractivity contribution is 0.234. The molecule has 0 bridgehead atoms. The van der Waals surface area contributed by atoms with Gasteiger partial charge in [0, 0.05) is 18.6 Å². The van der Waals surface area contributed by atoms with Gasteiger partial charge in [0.05, 0.1) is 6.10 Å². The first-order chi connectivity index (χ1) is 7.08. The molecule has 0 aliphatic rings. The Labute approximate surface area is 87.5 Å². The fourth-order valence-corrected chi connectivity index (χ4v) is 1.50. The van der Waals surface area contributed by atoms with Crippen molar-refractivity contribution in [3.63, 3.8) is 0 Å². The molecule has 0 fully saturated rings. The monoisotopic (exact) mass is 208 g/mol. The summed E-state index contributed by atoms with van der Waals surface area (Å²) in [7, 11) is 1.80. The Kier molecular flexibility index (Phi) is 2.34. The van der Waals surface area contributed by atoms with Crippen molar-refractivity contribution < 1.29 is 9.13 Å². The van der Waals surface area contributed by atoms with Gasteiger partial charge in [0.15, 0.2) is 11.6 Å². The first-order valence-electron chi connectivity index (χ1n) is 4.86. The van der Waals surface area contributed by atoms with E-state index in [1.165, 1.54) is 6.07 Å². The molecule has 4 heteroatoms. The van der Waals surface area contributed by atoms with Crippen molar-refractivity contribution in [3.05, 3.63) is 24.1 Å². The number of halogens is 1. The van der Waals surface area contributed by atoms with Gasteiger partial charge in [-0.1, -0.05) is 0 Å². The molecule has 80 valence electrons. The Morgan fingerprint density at radius 1 is 1.40 bits per heavy atom. The lowest BCUT2D eigenvalue weighted by atomic mass is 10.2. The highest BCUT2D eigenvalue weighted by atomic mass is 19.1. The molecule has 0 atom stereocenters. The van der Waals surface area contributed by atoms with Crippen LogP contribution < -0.4 is 4.74 Å². The molecule has 1 heterocycles. The number of aromatic nitrogens is 2. The van der Waals surface area contributed by atoms with Crippen LogP contribution in [-0.2, 0) is 7.05 Å². The Morgan fingerprint density at radius 3 is 2.80 bits per heavy atom. The minimum atomic E-state index is -0.366. The van der Waals surface area contributed by atoms with E-state index in [0.717, 1.165) is 5.39 Å². The largest absolute Gasteiger partial charge is 0.486 e. The Morgan fingerprint density at radius 2 is 2.13 bits per heavy atom. The molecule has 0 saturated carbocycles. The molecule has 0 radical (unpaired) electrons. The van der Waals surface area contributed by atoms with E-state index in [4.69, 9.17) is 4.74 Å². The zero-order valence-corrected chi connectivity index (χ0v) is 8.99. The van der Waals surface area contributed by atoms with Crippen molar-refractivity contribution in [2.75, 3.05) is 0 Å². The average Bonchev–Trinajstić information content (AvgIpc) is 2.51. The molecule has 0 unspecified atom stereocenters. The first-order valence-corrected chi connectivity index (χ1v) is 4.86. The van der Waals surface area contributed by atoms with Gasteiger partial charge in [0.2, 0.25) is 0 Å². The molecule has 0 N–H and O–H groups in total. The van der Waals surface area contributed by atoms with E-state index >= 15 is 0 Å². The van der Waals surface area contributed by atoms with Crippen molar-refractivity contribution in [1.82, 2.24) is 9.78 Å². The van der Waals surface area contributed by atoms with E-state index in [-0.39, 0.29) is 17.7 Å². The summed E-state index contributed by atoms with van der Waals surface area (Å²) in [5.74, 6) is -0.127. The van der Waals surface area contributed by atoms with Gasteiger partial charge in [0.25, 0.3) is 0 Å². The summed E-state index contributed by atoms with van der Waals surface area (Å²) in [6.45, 7) is 3.72. The molecule has 2 rings (SSSR count). The molecular weight excluding hydrogens is 195 g/mol. The molecule has 0 spiro atoms. The van der Waals surface area contributed by atoms with E-state index in [9.17, 15) is 4.39 Å². The summed E-state index contributed by atoms with van der Waals surface area (Å²) in [5.41, 5.74) is 0.575. The summed E-state index contributed by atoms with van der Waals surface area (Å²) in [5, 5.41) is 5.06. The smallest absolute Gasteiger partial charge is 0.183 e. The van der Waals surface area contributed by atoms with Crippen LogP contribution in [0.5, 0.6) is 5.75 Å². The number of hydrogen-bond acceptors (Lipinski definition) is 2. The molecule has 0 amide bonds.